The Bertz CT molecular complexity index is 170. The summed E-state index contributed by atoms with van der Waals surface area (Å²) in [4.78, 5) is 20.8. The fraction of sp³-hybridized carbons (Fsp3) is 0.714. The SMILES string of the molecule is CC(=O)NCCCN(O)C(C)=O. The van der Waals surface area contributed by atoms with Crippen molar-refractivity contribution in [3.8, 4) is 0 Å². The molecule has 0 aliphatic carbocycles. The molecule has 0 rings (SSSR count). The molecule has 0 aromatic carbocycles. The summed E-state index contributed by atoms with van der Waals surface area (Å²) in [7, 11) is 0. The minimum Gasteiger partial charge on any atom is -0.356 e. The van der Waals surface area contributed by atoms with Gasteiger partial charge in [0.1, 0.15) is 0 Å². The van der Waals surface area contributed by atoms with Gasteiger partial charge in [0, 0.05) is 20.4 Å². The van der Waals surface area contributed by atoms with Gasteiger partial charge in [-0.25, -0.2) is 5.06 Å². The fourth-order valence-corrected chi connectivity index (χ4v) is 0.651. The lowest BCUT2D eigenvalue weighted by molar-refractivity contribution is -0.162. The van der Waals surface area contributed by atoms with Crippen LogP contribution in [0.25, 0.3) is 0 Å². The molecular formula is C7H14N2O3. The van der Waals surface area contributed by atoms with Crippen molar-refractivity contribution in [2.45, 2.75) is 20.3 Å². The van der Waals surface area contributed by atoms with Gasteiger partial charge in [-0.3, -0.25) is 14.8 Å². The molecule has 0 unspecified atom stereocenters. The normalized spacial score (nSPS) is 9.25. The van der Waals surface area contributed by atoms with Crippen LogP contribution in [0.1, 0.15) is 20.3 Å². The molecule has 5 heteroatoms. The van der Waals surface area contributed by atoms with Gasteiger partial charge >= 0.3 is 0 Å². The van der Waals surface area contributed by atoms with Crippen LogP contribution < -0.4 is 5.32 Å². The molecule has 0 aromatic rings. The molecule has 5 nitrogen and oxygen atoms in total. The molecule has 12 heavy (non-hydrogen) atoms. The topological polar surface area (TPSA) is 69.6 Å². The van der Waals surface area contributed by atoms with Gasteiger partial charge in [-0.1, -0.05) is 0 Å². The molecular weight excluding hydrogens is 160 g/mol. The van der Waals surface area contributed by atoms with Crippen LogP contribution in [0.3, 0.4) is 0 Å². The van der Waals surface area contributed by atoms with Crippen molar-refractivity contribution in [2.75, 3.05) is 13.1 Å². The van der Waals surface area contributed by atoms with E-state index in [0.29, 0.717) is 18.0 Å². The number of hydrogen-bond donors (Lipinski definition) is 2. The maximum Gasteiger partial charge on any atom is 0.242 e. The highest BCUT2D eigenvalue weighted by atomic mass is 16.5. The van der Waals surface area contributed by atoms with E-state index in [1.165, 1.54) is 13.8 Å². The molecule has 0 aliphatic heterocycles. The smallest absolute Gasteiger partial charge is 0.242 e. The van der Waals surface area contributed by atoms with E-state index in [1.54, 1.807) is 0 Å². The molecule has 0 bridgehead atoms. The Morgan fingerprint density at radius 1 is 1.42 bits per heavy atom. The third-order valence-electron chi connectivity index (χ3n) is 1.28. The summed E-state index contributed by atoms with van der Waals surface area (Å²) in [5, 5.41) is 12.0. The molecule has 0 aromatic heterocycles. The second kappa shape index (κ2) is 5.54. The Morgan fingerprint density at radius 2 is 2.00 bits per heavy atom. The zero-order valence-electron chi connectivity index (χ0n) is 7.33. The lowest BCUT2D eigenvalue weighted by Crippen LogP contribution is -2.29. The largest absolute Gasteiger partial charge is 0.356 e. The number of carbonyl (C=O) groups excluding carboxylic acids is 2. The molecule has 70 valence electrons. The first kappa shape index (κ1) is 10.9. The third kappa shape index (κ3) is 5.67. The predicted molar refractivity (Wildman–Crippen MR) is 42.5 cm³/mol. The van der Waals surface area contributed by atoms with Crippen LogP contribution in [0.4, 0.5) is 0 Å². The van der Waals surface area contributed by atoms with Gasteiger partial charge < -0.3 is 5.32 Å². The first-order chi connectivity index (χ1) is 5.54. The Labute approximate surface area is 71.3 Å². The van der Waals surface area contributed by atoms with E-state index in [9.17, 15) is 9.59 Å². The van der Waals surface area contributed by atoms with E-state index < -0.39 is 5.91 Å². The van der Waals surface area contributed by atoms with Crippen LogP contribution in [0.2, 0.25) is 0 Å². The van der Waals surface area contributed by atoms with Gasteiger partial charge in [-0.05, 0) is 6.42 Å². The van der Waals surface area contributed by atoms with Crippen LogP contribution in [0, 0.1) is 0 Å². The first-order valence-corrected chi connectivity index (χ1v) is 3.75. The van der Waals surface area contributed by atoms with Gasteiger partial charge in [-0.2, -0.15) is 0 Å². The highest BCUT2D eigenvalue weighted by molar-refractivity contribution is 5.73. The van der Waals surface area contributed by atoms with Gasteiger partial charge in [-0.15, -0.1) is 0 Å². The maximum atomic E-state index is 10.5. The summed E-state index contributed by atoms with van der Waals surface area (Å²) in [6.45, 7) is 3.41. The Kier molecular flexibility index (Phi) is 5.03. The van der Waals surface area contributed by atoms with Crippen molar-refractivity contribution in [2.24, 2.45) is 0 Å². The summed E-state index contributed by atoms with van der Waals surface area (Å²) >= 11 is 0. The Hall–Kier alpha value is -1.10. The average molecular weight is 174 g/mol. The van der Waals surface area contributed by atoms with Crippen LogP contribution in [-0.2, 0) is 9.59 Å². The second-order valence-corrected chi connectivity index (χ2v) is 2.48. The van der Waals surface area contributed by atoms with Crippen LogP contribution >= 0.6 is 0 Å². The Balaban J connectivity index is 3.31. The highest BCUT2D eigenvalue weighted by Crippen LogP contribution is 1.85. The minimum absolute atomic E-state index is 0.109. The molecule has 0 radical (unpaired) electrons. The van der Waals surface area contributed by atoms with E-state index in [1.807, 2.05) is 0 Å². The van der Waals surface area contributed by atoms with Crippen molar-refractivity contribution >= 4 is 11.8 Å². The summed E-state index contributed by atoms with van der Waals surface area (Å²) < 4.78 is 0. The maximum absolute atomic E-state index is 10.5. The van der Waals surface area contributed by atoms with E-state index in [4.69, 9.17) is 5.21 Å². The van der Waals surface area contributed by atoms with Gasteiger partial charge in [0.15, 0.2) is 0 Å². The number of amides is 2. The predicted octanol–water partition coefficient (Wildman–Crippen LogP) is -0.250. The van der Waals surface area contributed by atoms with E-state index in [0.717, 1.165) is 0 Å². The molecule has 0 saturated heterocycles. The molecule has 0 spiro atoms. The van der Waals surface area contributed by atoms with Gasteiger partial charge in [0.2, 0.25) is 11.8 Å². The summed E-state index contributed by atoms with van der Waals surface area (Å²) in [6, 6.07) is 0. The fourth-order valence-electron chi connectivity index (χ4n) is 0.651. The van der Waals surface area contributed by atoms with Crippen molar-refractivity contribution in [3.05, 3.63) is 0 Å². The van der Waals surface area contributed by atoms with Gasteiger partial charge in [0.25, 0.3) is 0 Å². The number of hydrogen-bond acceptors (Lipinski definition) is 3. The van der Waals surface area contributed by atoms with E-state index in [2.05, 4.69) is 5.32 Å². The summed E-state index contributed by atoms with van der Waals surface area (Å²) in [5.41, 5.74) is 0. The Morgan fingerprint density at radius 3 is 2.42 bits per heavy atom. The minimum atomic E-state index is -0.391. The van der Waals surface area contributed by atoms with Crippen molar-refractivity contribution in [1.29, 1.82) is 0 Å². The van der Waals surface area contributed by atoms with Crippen molar-refractivity contribution < 1.29 is 14.8 Å². The third-order valence-corrected chi connectivity index (χ3v) is 1.28. The molecule has 0 saturated carbocycles. The van der Waals surface area contributed by atoms with Crippen LogP contribution in [0.15, 0.2) is 0 Å². The number of nitrogens with zero attached hydrogens (tertiary/aromatic N) is 1. The summed E-state index contributed by atoms with van der Waals surface area (Å²) in [5.74, 6) is -0.500. The monoisotopic (exact) mass is 174 g/mol. The standard InChI is InChI=1S/C7H14N2O3/c1-6(10)8-4-3-5-9(12)7(2)11/h12H,3-5H2,1-2H3,(H,8,10). The zero-order valence-corrected chi connectivity index (χ0v) is 7.33. The number of hydroxylamine groups is 2. The quantitative estimate of drug-likeness (QED) is 0.351. The number of rotatable bonds is 4. The van der Waals surface area contributed by atoms with E-state index in [-0.39, 0.29) is 12.5 Å². The average Bonchev–Trinajstić information content (AvgIpc) is 1.97. The van der Waals surface area contributed by atoms with E-state index >= 15 is 0 Å². The lowest BCUT2D eigenvalue weighted by atomic mass is 10.4. The number of carbonyl (C=O) groups is 2. The van der Waals surface area contributed by atoms with Gasteiger partial charge in [0.05, 0.1) is 6.54 Å². The van der Waals surface area contributed by atoms with Crippen molar-refractivity contribution in [1.82, 2.24) is 10.4 Å². The molecule has 0 atom stereocenters. The first-order valence-electron chi connectivity index (χ1n) is 3.75. The molecule has 0 heterocycles. The lowest BCUT2D eigenvalue weighted by Gasteiger charge is -2.11. The molecule has 0 fully saturated rings. The van der Waals surface area contributed by atoms with Crippen molar-refractivity contribution in [3.63, 3.8) is 0 Å². The summed E-state index contributed by atoms with van der Waals surface area (Å²) in [6.07, 6.45) is 0.551. The zero-order chi connectivity index (χ0) is 9.56. The van der Waals surface area contributed by atoms with Crippen LogP contribution in [-0.4, -0.2) is 35.2 Å². The van der Waals surface area contributed by atoms with Crippen LogP contribution in [0.5, 0.6) is 0 Å². The number of nitrogens with one attached hydrogen (secondary N) is 1. The molecule has 2 N–H and O–H groups in total. The molecule has 2 amide bonds. The molecule has 0 aliphatic rings. The second-order valence-electron chi connectivity index (χ2n) is 2.48. The highest BCUT2D eigenvalue weighted by Gasteiger charge is 2.02.